The van der Waals surface area contributed by atoms with Crippen molar-refractivity contribution in [3.63, 3.8) is 0 Å². The van der Waals surface area contributed by atoms with Crippen LogP contribution < -0.4 is 0 Å². The van der Waals surface area contributed by atoms with Crippen molar-refractivity contribution < 1.29 is 14.5 Å². The molecule has 16 heavy (non-hydrogen) atoms. The van der Waals surface area contributed by atoms with Crippen LogP contribution in [0.5, 0.6) is 0 Å². The predicted molar refractivity (Wildman–Crippen MR) is 58.3 cm³/mol. The largest absolute Gasteiger partial charge is 0.456 e. The van der Waals surface area contributed by atoms with Gasteiger partial charge in [-0.25, -0.2) is 0 Å². The van der Waals surface area contributed by atoms with Crippen molar-refractivity contribution in [3.8, 4) is 0 Å². The number of carbonyl (C=O) groups excluding carboxylic acids is 1. The summed E-state index contributed by atoms with van der Waals surface area (Å²) >= 11 is 5.64. The fourth-order valence-electron chi connectivity index (χ4n) is 1.20. The molecule has 0 spiro atoms. The lowest BCUT2D eigenvalue weighted by Gasteiger charge is -2.13. The Hall–Kier alpha value is -1.62. The summed E-state index contributed by atoms with van der Waals surface area (Å²) in [6.07, 6.45) is -0.569. The lowest BCUT2D eigenvalue weighted by atomic mass is 10.1. The highest BCUT2D eigenvalue weighted by atomic mass is 35.5. The van der Waals surface area contributed by atoms with E-state index in [2.05, 4.69) is 0 Å². The number of rotatable bonds is 4. The van der Waals surface area contributed by atoms with Gasteiger partial charge >= 0.3 is 5.97 Å². The minimum absolute atomic E-state index is 0.0140. The summed E-state index contributed by atoms with van der Waals surface area (Å²) in [6, 6.07) is 5.74. The molecule has 0 unspecified atom stereocenters. The number of nitro benzene ring substituents is 1. The maximum atomic E-state index is 10.8. The molecule has 0 bridgehead atoms. The second-order valence-electron chi connectivity index (χ2n) is 3.10. The zero-order chi connectivity index (χ0) is 12.1. The average Bonchev–Trinajstić information content (AvgIpc) is 2.25. The molecule has 0 aliphatic heterocycles. The summed E-state index contributed by atoms with van der Waals surface area (Å²) in [6.45, 7) is 1.28. The van der Waals surface area contributed by atoms with Gasteiger partial charge in [-0.15, -0.1) is 11.6 Å². The smallest absolute Gasteiger partial charge is 0.303 e. The molecule has 0 saturated heterocycles. The quantitative estimate of drug-likeness (QED) is 0.352. The van der Waals surface area contributed by atoms with Crippen LogP contribution in [0.25, 0.3) is 0 Å². The number of alkyl halides is 1. The van der Waals surface area contributed by atoms with E-state index in [1.807, 2.05) is 0 Å². The summed E-state index contributed by atoms with van der Waals surface area (Å²) in [5, 5.41) is 10.4. The lowest BCUT2D eigenvalue weighted by molar-refractivity contribution is -0.384. The lowest BCUT2D eigenvalue weighted by Crippen LogP contribution is -2.09. The number of ether oxygens (including phenoxy) is 1. The molecule has 0 N–H and O–H groups in total. The fourth-order valence-corrected chi connectivity index (χ4v) is 1.44. The number of halogens is 1. The zero-order valence-electron chi connectivity index (χ0n) is 8.55. The van der Waals surface area contributed by atoms with Gasteiger partial charge in [-0.05, 0) is 17.7 Å². The van der Waals surface area contributed by atoms with E-state index < -0.39 is 17.0 Å². The molecular formula is C10H10ClNO4. The van der Waals surface area contributed by atoms with Gasteiger partial charge in [0.15, 0.2) is 0 Å². The number of esters is 1. The van der Waals surface area contributed by atoms with Gasteiger partial charge in [0.2, 0.25) is 0 Å². The van der Waals surface area contributed by atoms with Crippen LogP contribution >= 0.6 is 11.6 Å². The Morgan fingerprint density at radius 2 is 2.06 bits per heavy atom. The minimum Gasteiger partial charge on any atom is -0.456 e. The molecule has 0 aliphatic rings. The molecular weight excluding hydrogens is 234 g/mol. The molecule has 0 saturated carbocycles. The highest BCUT2D eigenvalue weighted by molar-refractivity contribution is 6.18. The Balaban J connectivity index is 2.86. The average molecular weight is 244 g/mol. The molecule has 0 heterocycles. The monoisotopic (exact) mass is 243 g/mol. The summed E-state index contributed by atoms with van der Waals surface area (Å²) in [5.74, 6) is -0.332. The first kappa shape index (κ1) is 12.4. The molecule has 0 fully saturated rings. The van der Waals surface area contributed by atoms with Crippen LogP contribution in [0.3, 0.4) is 0 Å². The van der Waals surface area contributed by atoms with Crippen molar-refractivity contribution in [3.05, 3.63) is 39.9 Å². The molecule has 6 heteroatoms. The maximum absolute atomic E-state index is 10.8. The maximum Gasteiger partial charge on any atom is 0.303 e. The molecule has 1 aromatic carbocycles. The third-order valence-electron chi connectivity index (χ3n) is 1.92. The van der Waals surface area contributed by atoms with E-state index in [0.29, 0.717) is 5.56 Å². The zero-order valence-corrected chi connectivity index (χ0v) is 9.31. The molecule has 1 atom stereocenters. The highest BCUT2D eigenvalue weighted by Gasteiger charge is 2.14. The van der Waals surface area contributed by atoms with E-state index in [4.69, 9.17) is 16.3 Å². The van der Waals surface area contributed by atoms with Crippen molar-refractivity contribution in [2.75, 3.05) is 5.88 Å². The third kappa shape index (κ3) is 3.20. The van der Waals surface area contributed by atoms with Gasteiger partial charge in [0.25, 0.3) is 5.69 Å². The first-order valence-corrected chi connectivity index (χ1v) is 5.05. The molecule has 0 aliphatic carbocycles. The summed E-state index contributed by atoms with van der Waals surface area (Å²) in [4.78, 5) is 20.7. The van der Waals surface area contributed by atoms with Crippen LogP contribution in [0.15, 0.2) is 24.3 Å². The first-order chi connectivity index (χ1) is 7.54. The number of benzene rings is 1. The van der Waals surface area contributed by atoms with Gasteiger partial charge in [0.05, 0.1) is 10.8 Å². The van der Waals surface area contributed by atoms with Gasteiger partial charge < -0.3 is 4.74 Å². The van der Waals surface area contributed by atoms with Crippen LogP contribution in [0.1, 0.15) is 18.6 Å². The second-order valence-corrected chi connectivity index (χ2v) is 3.41. The van der Waals surface area contributed by atoms with Crippen molar-refractivity contribution in [1.82, 2.24) is 0 Å². The van der Waals surface area contributed by atoms with Gasteiger partial charge in [0, 0.05) is 19.1 Å². The van der Waals surface area contributed by atoms with E-state index in [1.165, 1.54) is 31.2 Å². The van der Waals surface area contributed by atoms with E-state index in [0.717, 1.165) is 0 Å². The molecule has 0 amide bonds. The summed E-state index contributed by atoms with van der Waals surface area (Å²) in [5.41, 5.74) is 0.621. The van der Waals surface area contributed by atoms with E-state index in [9.17, 15) is 14.9 Å². The molecule has 0 aromatic heterocycles. The second kappa shape index (κ2) is 5.46. The van der Waals surface area contributed by atoms with Gasteiger partial charge in [0.1, 0.15) is 6.10 Å². The van der Waals surface area contributed by atoms with Crippen LogP contribution in [0, 0.1) is 10.1 Å². The fraction of sp³-hybridized carbons (Fsp3) is 0.300. The normalized spacial score (nSPS) is 11.9. The molecule has 86 valence electrons. The number of hydrogen-bond acceptors (Lipinski definition) is 4. The van der Waals surface area contributed by atoms with Crippen LogP contribution in [-0.4, -0.2) is 16.8 Å². The minimum atomic E-state index is -0.569. The Bertz CT molecular complexity index is 390. The van der Waals surface area contributed by atoms with Crippen molar-refractivity contribution in [2.45, 2.75) is 13.0 Å². The molecule has 1 rings (SSSR count). The van der Waals surface area contributed by atoms with Gasteiger partial charge in [-0.1, -0.05) is 0 Å². The van der Waals surface area contributed by atoms with Crippen molar-refractivity contribution in [2.24, 2.45) is 0 Å². The van der Waals surface area contributed by atoms with Crippen LogP contribution in [0.4, 0.5) is 5.69 Å². The number of hydrogen-bond donors (Lipinski definition) is 0. The third-order valence-corrected chi connectivity index (χ3v) is 2.20. The number of non-ortho nitro benzene ring substituents is 1. The Labute approximate surface area is 97.1 Å². The Morgan fingerprint density at radius 1 is 1.50 bits per heavy atom. The summed E-state index contributed by atoms with van der Waals surface area (Å²) < 4.78 is 4.95. The Morgan fingerprint density at radius 3 is 2.44 bits per heavy atom. The Kier molecular flexibility index (Phi) is 4.25. The van der Waals surface area contributed by atoms with E-state index in [-0.39, 0.29) is 11.6 Å². The summed E-state index contributed by atoms with van der Waals surface area (Å²) in [7, 11) is 0. The van der Waals surface area contributed by atoms with Gasteiger partial charge in [-0.2, -0.15) is 0 Å². The molecule has 0 radical (unpaired) electrons. The first-order valence-electron chi connectivity index (χ1n) is 4.52. The van der Waals surface area contributed by atoms with Gasteiger partial charge in [-0.3, -0.25) is 14.9 Å². The van der Waals surface area contributed by atoms with Crippen LogP contribution in [0.2, 0.25) is 0 Å². The van der Waals surface area contributed by atoms with Crippen molar-refractivity contribution in [1.29, 1.82) is 0 Å². The van der Waals surface area contributed by atoms with E-state index >= 15 is 0 Å². The number of carbonyl (C=O) groups is 1. The van der Waals surface area contributed by atoms with E-state index in [1.54, 1.807) is 0 Å². The number of nitro groups is 1. The van der Waals surface area contributed by atoms with Crippen molar-refractivity contribution >= 4 is 23.3 Å². The standard InChI is InChI=1S/C10H10ClNO4/c1-7(13)16-10(6-11)8-2-4-9(5-3-8)12(14)15/h2-5,10H,6H2,1H3/t10-/m1/s1. The predicted octanol–water partition coefficient (Wildman–Crippen LogP) is 2.44. The topological polar surface area (TPSA) is 69.4 Å². The highest BCUT2D eigenvalue weighted by Crippen LogP contribution is 2.21. The van der Waals surface area contributed by atoms with Crippen LogP contribution in [-0.2, 0) is 9.53 Å². The SMILES string of the molecule is CC(=O)O[C@H](CCl)c1ccc([N+](=O)[O-])cc1. The molecule has 5 nitrogen and oxygen atoms in total. The number of nitrogens with zero attached hydrogens (tertiary/aromatic N) is 1. The molecule has 1 aromatic rings.